The molecular weight excluding hydrogens is 353 g/mol. The van der Waals surface area contributed by atoms with Crippen LogP contribution < -0.4 is 4.74 Å². The predicted molar refractivity (Wildman–Crippen MR) is 97.2 cm³/mol. The predicted octanol–water partition coefficient (Wildman–Crippen LogP) is 1.88. The van der Waals surface area contributed by atoms with E-state index in [1.165, 1.54) is 24.3 Å². The fourth-order valence-electron chi connectivity index (χ4n) is 3.85. The summed E-state index contributed by atoms with van der Waals surface area (Å²) in [5, 5.41) is 9.51. The number of nitrogens with zero attached hydrogens (tertiary/aromatic N) is 3. The van der Waals surface area contributed by atoms with Crippen LogP contribution in [-0.4, -0.2) is 83.7 Å². The highest BCUT2D eigenvalue weighted by molar-refractivity contribution is 5.86. The van der Waals surface area contributed by atoms with Gasteiger partial charge in [0.25, 0.3) is 0 Å². The number of likely N-dealkylation sites (tertiary alicyclic amines) is 2. The second-order valence-corrected chi connectivity index (χ2v) is 7.40. The minimum absolute atomic E-state index is 0.122. The van der Waals surface area contributed by atoms with E-state index in [1.807, 2.05) is 14.1 Å². The monoisotopic (exact) mass is 379 g/mol. The van der Waals surface area contributed by atoms with Crippen LogP contribution in [0.15, 0.2) is 24.3 Å². The van der Waals surface area contributed by atoms with E-state index in [2.05, 4.69) is 4.90 Å². The lowest BCUT2D eigenvalue weighted by Crippen LogP contribution is -2.51. The molecule has 1 aromatic rings. The summed E-state index contributed by atoms with van der Waals surface area (Å²) in [6.07, 6.45) is 0.514. The van der Waals surface area contributed by atoms with Crippen molar-refractivity contribution in [1.82, 2.24) is 14.7 Å². The third-order valence-corrected chi connectivity index (χ3v) is 5.42. The molecule has 2 atom stereocenters. The molecule has 0 spiro atoms. The van der Waals surface area contributed by atoms with Gasteiger partial charge in [-0.3, -0.25) is 9.69 Å². The van der Waals surface area contributed by atoms with Crippen LogP contribution in [-0.2, 0) is 4.79 Å². The van der Waals surface area contributed by atoms with Gasteiger partial charge in [-0.05, 0) is 51.2 Å². The van der Waals surface area contributed by atoms with Crippen LogP contribution >= 0.6 is 0 Å². The van der Waals surface area contributed by atoms with Gasteiger partial charge in [0.1, 0.15) is 23.7 Å². The molecule has 3 rings (SSSR count). The van der Waals surface area contributed by atoms with Crippen molar-refractivity contribution in [1.29, 1.82) is 0 Å². The number of piperidine rings is 1. The van der Waals surface area contributed by atoms with Gasteiger partial charge >= 0.3 is 6.09 Å². The van der Waals surface area contributed by atoms with E-state index in [0.717, 1.165) is 17.7 Å². The Kier molecular flexibility index (Phi) is 5.84. The molecular formula is C19H26FN3O4. The molecule has 1 N–H and O–H groups in total. The standard InChI is InChI=1S/C19H26FN3O4/c1-21(2)14-7-9-22(10-8-14)18(24)17-11-16(12-23(17)19(25)26)27-15-5-3-13(20)4-6-15/h3-6,14,16-17H,7-12H2,1-2H3,(H,25,26). The second-order valence-electron chi connectivity index (χ2n) is 7.40. The molecule has 1 aromatic carbocycles. The summed E-state index contributed by atoms with van der Waals surface area (Å²) in [6.45, 7) is 1.39. The summed E-state index contributed by atoms with van der Waals surface area (Å²) < 4.78 is 18.8. The molecule has 2 heterocycles. The number of halogens is 1. The molecule has 0 radical (unpaired) electrons. The van der Waals surface area contributed by atoms with Gasteiger partial charge < -0.3 is 19.6 Å². The number of carbonyl (C=O) groups is 2. The van der Waals surface area contributed by atoms with Gasteiger partial charge in [0.05, 0.1) is 6.54 Å². The Bertz CT molecular complexity index is 674. The molecule has 2 fully saturated rings. The van der Waals surface area contributed by atoms with Crippen molar-refractivity contribution >= 4 is 12.0 Å². The average Bonchev–Trinajstić information content (AvgIpc) is 3.07. The molecule has 0 aliphatic carbocycles. The van der Waals surface area contributed by atoms with Crippen molar-refractivity contribution in [3.63, 3.8) is 0 Å². The van der Waals surface area contributed by atoms with Gasteiger partial charge in [0, 0.05) is 25.6 Å². The number of hydrogen-bond acceptors (Lipinski definition) is 4. The Morgan fingerprint density at radius 2 is 1.81 bits per heavy atom. The summed E-state index contributed by atoms with van der Waals surface area (Å²) in [4.78, 5) is 29.6. The van der Waals surface area contributed by atoms with Crippen LogP contribution in [0.5, 0.6) is 5.75 Å². The SMILES string of the molecule is CN(C)C1CCN(C(=O)C2CC(Oc3ccc(F)cc3)CN2C(=O)O)CC1. The third kappa shape index (κ3) is 4.50. The van der Waals surface area contributed by atoms with E-state index in [4.69, 9.17) is 4.74 Å². The minimum Gasteiger partial charge on any atom is -0.488 e. The molecule has 2 saturated heterocycles. The molecule has 0 aromatic heterocycles. The van der Waals surface area contributed by atoms with Crippen molar-refractivity contribution in [3.05, 3.63) is 30.1 Å². The maximum absolute atomic E-state index is 13.0. The number of benzene rings is 1. The lowest BCUT2D eigenvalue weighted by molar-refractivity contribution is -0.137. The van der Waals surface area contributed by atoms with Gasteiger partial charge in [0.15, 0.2) is 0 Å². The Labute approximate surface area is 158 Å². The van der Waals surface area contributed by atoms with E-state index < -0.39 is 18.2 Å². The van der Waals surface area contributed by atoms with E-state index in [1.54, 1.807) is 4.90 Å². The minimum atomic E-state index is -1.12. The van der Waals surface area contributed by atoms with E-state index in [9.17, 15) is 19.1 Å². The van der Waals surface area contributed by atoms with Gasteiger partial charge in [-0.2, -0.15) is 0 Å². The first-order chi connectivity index (χ1) is 12.8. The molecule has 2 unspecified atom stereocenters. The lowest BCUT2D eigenvalue weighted by atomic mass is 10.0. The van der Waals surface area contributed by atoms with Crippen LogP contribution in [0.2, 0.25) is 0 Å². The third-order valence-electron chi connectivity index (χ3n) is 5.42. The van der Waals surface area contributed by atoms with Crippen molar-refractivity contribution in [2.24, 2.45) is 0 Å². The zero-order chi connectivity index (χ0) is 19.6. The summed E-state index contributed by atoms with van der Waals surface area (Å²) in [5.41, 5.74) is 0. The van der Waals surface area contributed by atoms with Crippen molar-refractivity contribution in [2.45, 2.75) is 37.5 Å². The quantitative estimate of drug-likeness (QED) is 0.865. The van der Waals surface area contributed by atoms with Gasteiger partial charge in [-0.15, -0.1) is 0 Å². The number of rotatable bonds is 4. The first kappa shape index (κ1) is 19.4. The molecule has 0 saturated carbocycles. The van der Waals surface area contributed by atoms with Crippen molar-refractivity contribution in [2.75, 3.05) is 33.7 Å². The normalized spacial score (nSPS) is 23.7. The lowest BCUT2D eigenvalue weighted by Gasteiger charge is -2.37. The summed E-state index contributed by atoms with van der Waals surface area (Å²) in [6, 6.07) is 5.29. The molecule has 148 valence electrons. The highest BCUT2D eigenvalue weighted by Crippen LogP contribution is 2.26. The zero-order valence-electron chi connectivity index (χ0n) is 15.7. The Hall–Kier alpha value is -2.35. The van der Waals surface area contributed by atoms with Gasteiger partial charge in [0.2, 0.25) is 5.91 Å². The van der Waals surface area contributed by atoms with E-state index in [-0.39, 0.29) is 18.3 Å². The summed E-state index contributed by atoms with van der Waals surface area (Å²) in [5.74, 6) is -0.0541. The number of amides is 2. The first-order valence-electron chi connectivity index (χ1n) is 9.22. The van der Waals surface area contributed by atoms with Crippen LogP contribution in [0.4, 0.5) is 9.18 Å². The molecule has 0 bridgehead atoms. The zero-order valence-corrected chi connectivity index (χ0v) is 15.7. The fourth-order valence-corrected chi connectivity index (χ4v) is 3.85. The Morgan fingerprint density at radius 3 is 2.37 bits per heavy atom. The summed E-state index contributed by atoms with van der Waals surface area (Å²) in [7, 11) is 4.06. The van der Waals surface area contributed by atoms with Crippen LogP contribution in [0, 0.1) is 5.82 Å². The van der Waals surface area contributed by atoms with Crippen molar-refractivity contribution < 1.29 is 23.8 Å². The molecule has 2 aliphatic rings. The number of carbonyl (C=O) groups excluding carboxylic acids is 1. The fraction of sp³-hybridized carbons (Fsp3) is 0.579. The topological polar surface area (TPSA) is 73.3 Å². The molecule has 2 amide bonds. The van der Waals surface area contributed by atoms with E-state index >= 15 is 0 Å². The largest absolute Gasteiger partial charge is 0.488 e. The average molecular weight is 379 g/mol. The smallest absolute Gasteiger partial charge is 0.408 e. The maximum atomic E-state index is 13.0. The second kappa shape index (κ2) is 8.12. The van der Waals surface area contributed by atoms with Crippen LogP contribution in [0.25, 0.3) is 0 Å². The molecule has 2 aliphatic heterocycles. The Balaban J connectivity index is 1.63. The molecule has 27 heavy (non-hydrogen) atoms. The highest BCUT2D eigenvalue weighted by Gasteiger charge is 2.43. The van der Waals surface area contributed by atoms with Crippen LogP contribution in [0.3, 0.4) is 0 Å². The van der Waals surface area contributed by atoms with E-state index in [0.29, 0.717) is 31.3 Å². The van der Waals surface area contributed by atoms with Crippen molar-refractivity contribution in [3.8, 4) is 5.75 Å². The van der Waals surface area contributed by atoms with Gasteiger partial charge in [-0.1, -0.05) is 0 Å². The molecule has 7 nitrogen and oxygen atoms in total. The van der Waals surface area contributed by atoms with Crippen LogP contribution in [0.1, 0.15) is 19.3 Å². The number of hydrogen-bond donors (Lipinski definition) is 1. The summed E-state index contributed by atoms with van der Waals surface area (Å²) >= 11 is 0. The number of carboxylic acid groups (broad SMARTS) is 1. The first-order valence-corrected chi connectivity index (χ1v) is 9.22. The highest BCUT2D eigenvalue weighted by atomic mass is 19.1. The number of ether oxygens (including phenoxy) is 1. The maximum Gasteiger partial charge on any atom is 0.408 e. The molecule has 8 heteroatoms. The Morgan fingerprint density at radius 1 is 1.19 bits per heavy atom. The van der Waals surface area contributed by atoms with Gasteiger partial charge in [-0.25, -0.2) is 9.18 Å².